The Morgan fingerprint density at radius 3 is 2.55 bits per heavy atom. The van der Waals surface area contributed by atoms with Gasteiger partial charge in [0.05, 0.1) is 5.60 Å². The molecule has 118 valence electrons. The molecule has 2 fully saturated rings. The summed E-state index contributed by atoms with van der Waals surface area (Å²) in [6.07, 6.45) is 9.12. The highest BCUT2D eigenvalue weighted by molar-refractivity contribution is 4.92. The summed E-state index contributed by atoms with van der Waals surface area (Å²) >= 11 is 0. The van der Waals surface area contributed by atoms with E-state index in [4.69, 9.17) is 4.74 Å². The predicted octanol–water partition coefficient (Wildman–Crippen LogP) is 3.19. The SMILES string of the molecule is CCN(CC)CC(C)NC1CCOC2(CCCCC2)C1. The number of hydrogen-bond donors (Lipinski definition) is 1. The van der Waals surface area contributed by atoms with Crippen LogP contribution in [-0.4, -0.2) is 48.8 Å². The summed E-state index contributed by atoms with van der Waals surface area (Å²) in [7, 11) is 0. The Labute approximate surface area is 125 Å². The molecule has 0 aromatic heterocycles. The van der Waals surface area contributed by atoms with Gasteiger partial charge in [-0.25, -0.2) is 0 Å². The second-order valence-corrected chi connectivity index (χ2v) is 6.84. The monoisotopic (exact) mass is 282 g/mol. The highest BCUT2D eigenvalue weighted by atomic mass is 16.5. The molecule has 1 N–H and O–H groups in total. The second kappa shape index (κ2) is 7.77. The van der Waals surface area contributed by atoms with E-state index in [0.29, 0.717) is 12.1 Å². The Morgan fingerprint density at radius 1 is 1.20 bits per heavy atom. The average Bonchev–Trinajstić information content (AvgIpc) is 2.45. The van der Waals surface area contributed by atoms with Crippen LogP contribution in [0.5, 0.6) is 0 Å². The van der Waals surface area contributed by atoms with Crippen molar-refractivity contribution in [2.75, 3.05) is 26.2 Å². The van der Waals surface area contributed by atoms with Crippen molar-refractivity contribution >= 4 is 0 Å². The summed E-state index contributed by atoms with van der Waals surface area (Å²) in [6.45, 7) is 11.3. The van der Waals surface area contributed by atoms with Gasteiger partial charge in [0.15, 0.2) is 0 Å². The fourth-order valence-electron chi connectivity index (χ4n) is 4.04. The Morgan fingerprint density at radius 2 is 1.90 bits per heavy atom. The molecule has 2 aliphatic rings. The molecular weight excluding hydrogens is 248 g/mol. The van der Waals surface area contributed by atoms with E-state index in [2.05, 4.69) is 31.0 Å². The van der Waals surface area contributed by atoms with Crippen molar-refractivity contribution in [3.05, 3.63) is 0 Å². The van der Waals surface area contributed by atoms with E-state index >= 15 is 0 Å². The van der Waals surface area contributed by atoms with E-state index < -0.39 is 0 Å². The normalized spacial score (nSPS) is 27.9. The van der Waals surface area contributed by atoms with E-state index in [1.807, 2.05) is 0 Å². The van der Waals surface area contributed by atoms with Crippen molar-refractivity contribution in [2.45, 2.75) is 83.4 Å². The van der Waals surface area contributed by atoms with Crippen molar-refractivity contribution in [1.82, 2.24) is 10.2 Å². The molecule has 0 amide bonds. The maximum atomic E-state index is 6.19. The molecule has 2 atom stereocenters. The molecule has 1 saturated heterocycles. The van der Waals surface area contributed by atoms with Gasteiger partial charge in [0.1, 0.15) is 0 Å². The average molecular weight is 282 g/mol. The molecule has 1 aliphatic carbocycles. The lowest BCUT2D eigenvalue weighted by atomic mass is 9.78. The van der Waals surface area contributed by atoms with Crippen LogP contribution in [0.3, 0.4) is 0 Å². The zero-order valence-electron chi connectivity index (χ0n) is 13.8. The molecule has 1 spiro atoms. The molecule has 1 aliphatic heterocycles. The Hall–Kier alpha value is -0.120. The Bertz CT molecular complexity index is 267. The number of likely N-dealkylation sites (N-methyl/N-ethyl adjacent to an activating group) is 1. The van der Waals surface area contributed by atoms with Crippen LogP contribution >= 0.6 is 0 Å². The summed E-state index contributed by atoms with van der Waals surface area (Å²) in [5, 5.41) is 3.87. The lowest BCUT2D eigenvalue weighted by Gasteiger charge is -2.44. The molecule has 0 bridgehead atoms. The van der Waals surface area contributed by atoms with Crippen LogP contribution in [0.4, 0.5) is 0 Å². The predicted molar refractivity (Wildman–Crippen MR) is 85.2 cm³/mol. The summed E-state index contributed by atoms with van der Waals surface area (Å²) in [5.41, 5.74) is 0.225. The van der Waals surface area contributed by atoms with E-state index in [1.54, 1.807) is 0 Å². The Balaban J connectivity index is 1.80. The van der Waals surface area contributed by atoms with E-state index in [-0.39, 0.29) is 5.60 Å². The lowest BCUT2D eigenvalue weighted by Crippen LogP contribution is -2.51. The quantitative estimate of drug-likeness (QED) is 0.810. The third-order valence-electron chi connectivity index (χ3n) is 5.20. The van der Waals surface area contributed by atoms with Gasteiger partial charge in [0.25, 0.3) is 0 Å². The topological polar surface area (TPSA) is 24.5 Å². The highest BCUT2D eigenvalue weighted by Gasteiger charge is 2.38. The van der Waals surface area contributed by atoms with Crippen LogP contribution in [0.2, 0.25) is 0 Å². The van der Waals surface area contributed by atoms with Gasteiger partial charge in [0.2, 0.25) is 0 Å². The van der Waals surface area contributed by atoms with Crippen LogP contribution in [0.15, 0.2) is 0 Å². The molecule has 1 saturated carbocycles. The number of nitrogens with one attached hydrogen (secondary N) is 1. The van der Waals surface area contributed by atoms with Crippen molar-refractivity contribution in [2.24, 2.45) is 0 Å². The molecule has 0 aromatic rings. The summed E-state index contributed by atoms with van der Waals surface area (Å²) in [4.78, 5) is 2.51. The summed E-state index contributed by atoms with van der Waals surface area (Å²) in [5.74, 6) is 0. The van der Waals surface area contributed by atoms with Crippen LogP contribution in [0, 0.1) is 0 Å². The summed E-state index contributed by atoms with van der Waals surface area (Å²) in [6, 6.07) is 1.24. The molecule has 0 aromatic carbocycles. The maximum absolute atomic E-state index is 6.19. The number of nitrogens with zero attached hydrogens (tertiary/aromatic N) is 1. The smallest absolute Gasteiger partial charge is 0.0697 e. The molecule has 0 radical (unpaired) electrons. The van der Waals surface area contributed by atoms with Gasteiger partial charge in [-0.3, -0.25) is 0 Å². The molecule has 20 heavy (non-hydrogen) atoms. The highest BCUT2D eigenvalue weighted by Crippen LogP contribution is 2.38. The van der Waals surface area contributed by atoms with Crippen molar-refractivity contribution < 1.29 is 4.74 Å². The fraction of sp³-hybridized carbons (Fsp3) is 1.00. The first-order valence-electron chi connectivity index (χ1n) is 8.80. The third-order valence-corrected chi connectivity index (χ3v) is 5.20. The maximum Gasteiger partial charge on any atom is 0.0697 e. The first kappa shape index (κ1) is 16.3. The molecule has 3 nitrogen and oxygen atoms in total. The van der Waals surface area contributed by atoms with Gasteiger partial charge >= 0.3 is 0 Å². The fourth-order valence-corrected chi connectivity index (χ4v) is 4.04. The minimum atomic E-state index is 0.225. The number of rotatable bonds is 6. The zero-order chi connectivity index (χ0) is 14.4. The zero-order valence-corrected chi connectivity index (χ0v) is 13.8. The van der Waals surface area contributed by atoms with Crippen molar-refractivity contribution in [3.63, 3.8) is 0 Å². The van der Waals surface area contributed by atoms with Crippen molar-refractivity contribution in [3.8, 4) is 0 Å². The largest absolute Gasteiger partial charge is 0.375 e. The van der Waals surface area contributed by atoms with E-state index in [9.17, 15) is 0 Å². The molecule has 3 heteroatoms. The summed E-state index contributed by atoms with van der Waals surface area (Å²) < 4.78 is 6.19. The van der Waals surface area contributed by atoms with E-state index in [0.717, 1.165) is 26.2 Å². The lowest BCUT2D eigenvalue weighted by molar-refractivity contribution is -0.110. The van der Waals surface area contributed by atoms with Crippen molar-refractivity contribution in [1.29, 1.82) is 0 Å². The Kier molecular flexibility index (Phi) is 6.31. The van der Waals surface area contributed by atoms with Gasteiger partial charge in [-0.15, -0.1) is 0 Å². The first-order valence-corrected chi connectivity index (χ1v) is 8.80. The van der Waals surface area contributed by atoms with Gasteiger partial charge < -0.3 is 15.0 Å². The number of hydrogen-bond acceptors (Lipinski definition) is 3. The third kappa shape index (κ3) is 4.44. The van der Waals surface area contributed by atoms with Gasteiger partial charge in [-0.05, 0) is 45.7 Å². The standard InChI is InChI=1S/C17H34N2O/c1-4-19(5-2)14-15(3)18-16-9-12-20-17(13-16)10-7-6-8-11-17/h15-16,18H,4-14H2,1-3H3. The van der Waals surface area contributed by atoms with Gasteiger partial charge in [0, 0.05) is 25.2 Å². The molecule has 1 heterocycles. The first-order chi connectivity index (χ1) is 9.67. The van der Waals surface area contributed by atoms with Crippen LogP contribution in [-0.2, 0) is 4.74 Å². The second-order valence-electron chi connectivity index (χ2n) is 6.84. The van der Waals surface area contributed by atoms with Crippen LogP contribution < -0.4 is 5.32 Å². The molecule has 2 rings (SSSR count). The number of ether oxygens (including phenoxy) is 1. The molecule has 2 unspecified atom stereocenters. The minimum Gasteiger partial charge on any atom is -0.375 e. The minimum absolute atomic E-state index is 0.225. The van der Waals surface area contributed by atoms with Crippen LogP contribution in [0.1, 0.15) is 65.7 Å². The van der Waals surface area contributed by atoms with E-state index in [1.165, 1.54) is 44.9 Å². The van der Waals surface area contributed by atoms with Gasteiger partial charge in [-0.1, -0.05) is 33.1 Å². The molecular formula is C17H34N2O. The van der Waals surface area contributed by atoms with Gasteiger partial charge in [-0.2, -0.15) is 0 Å². The van der Waals surface area contributed by atoms with Crippen LogP contribution in [0.25, 0.3) is 0 Å².